The van der Waals surface area contributed by atoms with E-state index in [1.54, 1.807) is 6.07 Å². The summed E-state index contributed by atoms with van der Waals surface area (Å²) in [6.07, 6.45) is 0.441. The molecule has 1 aromatic rings. The summed E-state index contributed by atoms with van der Waals surface area (Å²) >= 11 is 0. The molecule has 1 amide bonds. The van der Waals surface area contributed by atoms with Crippen LogP contribution < -0.4 is 5.32 Å². The predicted octanol–water partition coefficient (Wildman–Crippen LogP) is 1.60. The zero-order chi connectivity index (χ0) is 10.2. The second-order valence-corrected chi connectivity index (χ2v) is 4.02. The number of carbonyl (C=O) groups is 1. The van der Waals surface area contributed by atoms with Crippen LogP contribution in [0.1, 0.15) is 18.9 Å². The highest BCUT2D eigenvalue weighted by molar-refractivity contribution is 5.80. The summed E-state index contributed by atoms with van der Waals surface area (Å²) in [5, 5.41) is 2.77. The highest BCUT2D eigenvalue weighted by atomic mass is 19.1. The molecule has 0 saturated carbocycles. The van der Waals surface area contributed by atoms with E-state index in [2.05, 4.69) is 5.32 Å². The van der Waals surface area contributed by atoms with Crippen molar-refractivity contribution in [1.29, 1.82) is 0 Å². The van der Waals surface area contributed by atoms with Gasteiger partial charge in [0.1, 0.15) is 5.82 Å². The van der Waals surface area contributed by atoms with Gasteiger partial charge < -0.3 is 5.32 Å². The van der Waals surface area contributed by atoms with Gasteiger partial charge in [0.15, 0.2) is 0 Å². The lowest BCUT2D eigenvalue weighted by molar-refractivity contribution is -0.119. The topological polar surface area (TPSA) is 29.1 Å². The molecule has 0 spiro atoms. The number of nitrogens with one attached hydrogen (secondary N) is 1. The number of benzene rings is 1. The van der Waals surface area contributed by atoms with Crippen molar-refractivity contribution < 1.29 is 9.18 Å². The van der Waals surface area contributed by atoms with Crippen molar-refractivity contribution in [1.82, 2.24) is 5.32 Å². The maximum Gasteiger partial charge on any atom is 0.220 e. The number of hydrogen-bond acceptors (Lipinski definition) is 1. The summed E-state index contributed by atoms with van der Waals surface area (Å²) < 4.78 is 13.0. The zero-order valence-electron chi connectivity index (χ0n) is 8.01. The molecular formula is C11H12FNO. The number of halogens is 1. The van der Waals surface area contributed by atoms with E-state index < -0.39 is 0 Å². The van der Waals surface area contributed by atoms with Crippen molar-refractivity contribution in [2.24, 2.45) is 0 Å². The van der Waals surface area contributed by atoms with Crippen molar-refractivity contribution in [2.45, 2.75) is 18.8 Å². The Balaban J connectivity index is 2.34. The first-order valence-electron chi connectivity index (χ1n) is 4.63. The van der Waals surface area contributed by atoms with Gasteiger partial charge in [-0.05, 0) is 17.7 Å². The molecule has 0 aromatic heterocycles. The second-order valence-electron chi connectivity index (χ2n) is 4.02. The summed E-state index contributed by atoms with van der Waals surface area (Å²) in [5.74, 6) is -0.208. The highest BCUT2D eigenvalue weighted by Gasteiger charge is 2.35. The Morgan fingerprint density at radius 3 is 2.86 bits per heavy atom. The van der Waals surface area contributed by atoms with Crippen molar-refractivity contribution in [3.8, 4) is 0 Å². The molecular weight excluding hydrogens is 181 g/mol. The Labute approximate surface area is 82.1 Å². The standard InChI is InChI=1S/C11H12FNO/c1-11(6-10(14)13-7-11)8-3-2-4-9(12)5-8/h2-5H,6-7H2,1H3,(H,13,14). The van der Waals surface area contributed by atoms with Crippen LogP contribution >= 0.6 is 0 Å². The van der Waals surface area contributed by atoms with Gasteiger partial charge in [0.2, 0.25) is 5.91 Å². The van der Waals surface area contributed by atoms with Gasteiger partial charge in [-0.25, -0.2) is 4.39 Å². The third kappa shape index (κ3) is 1.50. The Kier molecular flexibility index (Phi) is 2.02. The van der Waals surface area contributed by atoms with Crippen LogP contribution in [-0.2, 0) is 10.2 Å². The van der Waals surface area contributed by atoms with Gasteiger partial charge in [-0.3, -0.25) is 4.79 Å². The van der Waals surface area contributed by atoms with Crippen LogP contribution in [0.3, 0.4) is 0 Å². The molecule has 3 heteroatoms. The number of carbonyl (C=O) groups excluding carboxylic acids is 1. The number of rotatable bonds is 1. The molecule has 1 fully saturated rings. The lowest BCUT2D eigenvalue weighted by Gasteiger charge is -2.21. The fourth-order valence-electron chi connectivity index (χ4n) is 1.84. The normalized spacial score (nSPS) is 26.3. The largest absolute Gasteiger partial charge is 0.355 e. The van der Waals surface area contributed by atoms with Gasteiger partial charge in [0, 0.05) is 18.4 Å². The molecule has 0 aliphatic carbocycles. The summed E-state index contributed by atoms with van der Waals surface area (Å²) in [5.41, 5.74) is 0.634. The maximum absolute atomic E-state index is 13.0. The fourth-order valence-corrected chi connectivity index (χ4v) is 1.84. The van der Waals surface area contributed by atoms with Crippen LogP contribution in [-0.4, -0.2) is 12.5 Å². The van der Waals surface area contributed by atoms with Crippen molar-refractivity contribution >= 4 is 5.91 Å². The molecule has 1 aliphatic rings. The Hall–Kier alpha value is -1.38. The molecule has 74 valence electrons. The Morgan fingerprint density at radius 1 is 1.50 bits per heavy atom. The molecule has 2 nitrogen and oxygen atoms in total. The monoisotopic (exact) mass is 193 g/mol. The van der Waals surface area contributed by atoms with Crippen molar-refractivity contribution in [3.05, 3.63) is 35.6 Å². The molecule has 1 unspecified atom stereocenters. The lowest BCUT2D eigenvalue weighted by atomic mass is 9.82. The van der Waals surface area contributed by atoms with Gasteiger partial charge in [0.05, 0.1) is 0 Å². The molecule has 14 heavy (non-hydrogen) atoms. The second kappa shape index (κ2) is 3.08. The van der Waals surface area contributed by atoms with E-state index in [0.717, 1.165) is 5.56 Å². The number of amides is 1. The summed E-state index contributed by atoms with van der Waals surface area (Å²) in [4.78, 5) is 11.1. The molecule has 1 N–H and O–H groups in total. The quantitative estimate of drug-likeness (QED) is 0.721. The minimum atomic E-state index is -0.251. The van der Waals surface area contributed by atoms with Gasteiger partial charge in [-0.2, -0.15) is 0 Å². The van der Waals surface area contributed by atoms with Crippen LogP contribution in [0.2, 0.25) is 0 Å². The van der Waals surface area contributed by atoms with Crippen LogP contribution in [0.5, 0.6) is 0 Å². The molecule has 1 saturated heterocycles. The molecule has 0 radical (unpaired) electrons. The van der Waals surface area contributed by atoms with Crippen LogP contribution in [0.15, 0.2) is 24.3 Å². The Morgan fingerprint density at radius 2 is 2.29 bits per heavy atom. The Bertz CT molecular complexity index is 377. The van der Waals surface area contributed by atoms with Gasteiger partial charge in [0.25, 0.3) is 0 Å². The fraction of sp³-hybridized carbons (Fsp3) is 0.364. The van der Waals surface area contributed by atoms with E-state index in [-0.39, 0.29) is 17.1 Å². The summed E-state index contributed by atoms with van der Waals surface area (Å²) in [6.45, 7) is 2.56. The third-order valence-electron chi connectivity index (χ3n) is 2.75. The molecule has 1 aliphatic heterocycles. The smallest absolute Gasteiger partial charge is 0.220 e. The number of hydrogen-bond donors (Lipinski definition) is 1. The van der Waals surface area contributed by atoms with Crippen LogP contribution in [0.4, 0.5) is 4.39 Å². The minimum Gasteiger partial charge on any atom is -0.355 e. The summed E-state index contributed by atoms with van der Waals surface area (Å²) in [6, 6.07) is 6.46. The highest BCUT2D eigenvalue weighted by Crippen LogP contribution is 2.30. The van der Waals surface area contributed by atoms with Crippen molar-refractivity contribution in [2.75, 3.05) is 6.54 Å². The van der Waals surface area contributed by atoms with E-state index in [1.165, 1.54) is 12.1 Å². The van der Waals surface area contributed by atoms with E-state index in [9.17, 15) is 9.18 Å². The first kappa shape index (κ1) is 9.19. The van der Waals surface area contributed by atoms with E-state index in [0.29, 0.717) is 13.0 Å². The molecule has 1 heterocycles. The average Bonchev–Trinajstić information content (AvgIpc) is 2.48. The van der Waals surface area contributed by atoms with Gasteiger partial charge in [-0.1, -0.05) is 19.1 Å². The molecule has 0 bridgehead atoms. The maximum atomic E-state index is 13.0. The van der Waals surface area contributed by atoms with E-state index in [4.69, 9.17) is 0 Å². The molecule has 2 rings (SSSR count). The van der Waals surface area contributed by atoms with Gasteiger partial charge >= 0.3 is 0 Å². The first-order chi connectivity index (χ1) is 6.60. The minimum absolute atomic E-state index is 0.0387. The average molecular weight is 193 g/mol. The first-order valence-corrected chi connectivity index (χ1v) is 4.63. The molecule has 1 aromatic carbocycles. The SMILES string of the molecule is CC1(c2cccc(F)c2)CNC(=O)C1. The zero-order valence-corrected chi connectivity index (χ0v) is 8.01. The van der Waals surface area contributed by atoms with Gasteiger partial charge in [-0.15, -0.1) is 0 Å². The van der Waals surface area contributed by atoms with Crippen LogP contribution in [0, 0.1) is 5.82 Å². The van der Waals surface area contributed by atoms with E-state index in [1.807, 2.05) is 13.0 Å². The van der Waals surface area contributed by atoms with Crippen molar-refractivity contribution in [3.63, 3.8) is 0 Å². The lowest BCUT2D eigenvalue weighted by Crippen LogP contribution is -2.24. The van der Waals surface area contributed by atoms with Crippen LogP contribution in [0.25, 0.3) is 0 Å². The third-order valence-corrected chi connectivity index (χ3v) is 2.75. The predicted molar refractivity (Wildman–Crippen MR) is 51.4 cm³/mol. The summed E-state index contributed by atoms with van der Waals surface area (Å²) in [7, 11) is 0. The molecule has 1 atom stereocenters. The van der Waals surface area contributed by atoms with E-state index >= 15 is 0 Å².